The van der Waals surface area contributed by atoms with Crippen LogP contribution < -0.4 is 5.32 Å². The molecule has 1 saturated heterocycles. The number of hydrogen-bond acceptors (Lipinski definition) is 4. The van der Waals surface area contributed by atoms with Crippen LogP contribution in [0, 0.1) is 0 Å². The van der Waals surface area contributed by atoms with Gasteiger partial charge in [-0.2, -0.15) is 0 Å². The third kappa shape index (κ3) is 3.69. The van der Waals surface area contributed by atoms with Gasteiger partial charge in [0.25, 0.3) is 0 Å². The van der Waals surface area contributed by atoms with Crippen molar-refractivity contribution in [3.63, 3.8) is 0 Å². The SMILES string of the molecule is CC1CN(C)CCCN1C(=O)Nc1cccnc1C(=O)O. The maximum atomic E-state index is 12.4. The molecule has 1 atom stereocenters. The fourth-order valence-corrected chi connectivity index (χ4v) is 2.54. The van der Waals surface area contributed by atoms with E-state index in [1.807, 2.05) is 14.0 Å². The van der Waals surface area contributed by atoms with Crippen molar-refractivity contribution in [1.82, 2.24) is 14.8 Å². The molecule has 1 aromatic rings. The molecule has 2 rings (SSSR count). The van der Waals surface area contributed by atoms with Crippen molar-refractivity contribution in [2.24, 2.45) is 0 Å². The van der Waals surface area contributed by atoms with E-state index in [4.69, 9.17) is 5.11 Å². The average molecular weight is 292 g/mol. The lowest BCUT2D eigenvalue weighted by atomic mass is 10.2. The van der Waals surface area contributed by atoms with E-state index in [0.717, 1.165) is 19.5 Å². The fraction of sp³-hybridized carbons (Fsp3) is 0.500. The highest BCUT2D eigenvalue weighted by molar-refractivity contribution is 5.98. The maximum Gasteiger partial charge on any atom is 0.356 e. The minimum atomic E-state index is -1.16. The summed E-state index contributed by atoms with van der Waals surface area (Å²) in [6.07, 6.45) is 2.29. The Hall–Kier alpha value is -2.15. The Balaban J connectivity index is 2.12. The van der Waals surface area contributed by atoms with Gasteiger partial charge in [-0.25, -0.2) is 14.6 Å². The standard InChI is InChI=1S/C14H20N4O3/c1-10-9-17(2)7-4-8-18(10)14(21)16-11-5-3-6-15-12(11)13(19)20/h3,5-6,10H,4,7-9H2,1-2H3,(H,16,21)(H,19,20). The van der Waals surface area contributed by atoms with Gasteiger partial charge in [-0.1, -0.05) is 0 Å². The minimum absolute atomic E-state index is 0.0717. The van der Waals surface area contributed by atoms with Crippen molar-refractivity contribution in [3.8, 4) is 0 Å². The quantitative estimate of drug-likeness (QED) is 0.859. The molecule has 1 aliphatic rings. The normalized spacial score (nSPS) is 19.9. The van der Waals surface area contributed by atoms with Crippen LogP contribution >= 0.6 is 0 Å². The molecule has 1 unspecified atom stereocenters. The Labute approximate surface area is 123 Å². The molecular formula is C14H20N4O3. The van der Waals surface area contributed by atoms with E-state index < -0.39 is 5.97 Å². The largest absolute Gasteiger partial charge is 0.476 e. The first-order valence-corrected chi connectivity index (χ1v) is 6.93. The molecule has 0 saturated carbocycles. The molecule has 7 heteroatoms. The third-order valence-electron chi connectivity index (χ3n) is 3.56. The molecule has 2 amide bonds. The Morgan fingerprint density at radius 3 is 2.90 bits per heavy atom. The van der Waals surface area contributed by atoms with Gasteiger partial charge in [0, 0.05) is 25.3 Å². The summed E-state index contributed by atoms with van der Waals surface area (Å²) in [5.41, 5.74) is 0.0743. The molecule has 1 aromatic heterocycles. The van der Waals surface area contributed by atoms with E-state index in [-0.39, 0.29) is 23.5 Å². The van der Waals surface area contributed by atoms with Gasteiger partial charge in [0.05, 0.1) is 5.69 Å². The lowest BCUT2D eigenvalue weighted by molar-refractivity contribution is 0.0691. The monoisotopic (exact) mass is 292 g/mol. The van der Waals surface area contributed by atoms with Gasteiger partial charge < -0.3 is 20.2 Å². The van der Waals surface area contributed by atoms with E-state index in [1.54, 1.807) is 17.0 Å². The lowest BCUT2D eigenvalue weighted by Crippen LogP contribution is -2.44. The second-order valence-corrected chi connectivity index (χ2v) is 5.29. The van der Waals surface area contributed by atoms with Crippen LogP contribution in [0.2, 0.25) is 0 Å². The number of carboxylic acid groups (broad SMARTS) is 1. The van der Waals surface area contributed by atoms with Crippen molar-refractivity contribution in [3.05, 3.63) is 24.0 Å². The highest BCUT2D eigenvalue weighted by Gasteiger charge is 2.25. The second-order valence-electron chi connectivity index (χ2n) is 5.29. The molecule has 114 valence electrons. The summed E-state index contributed by atoms with van der Waals surface area (Å²) in [4.78, 5) is 31.2. The highest BCUT2D eigenvalue weighted by Crippen LogP contribution is 2.15. The number of nitrogens with zero attached hydrogens (tertiary/aromatic N) is 3. The van der Waals surface area contributed by atoms with E-state index >= 15 is 0 Å². The highest BCUT2D eigenvalue weighted by atomic mass is 16.4. The zero-order valence-corrected chi connectivity index (χ0v) is 12.2. The van der Waals surface area contributed by atoms with Crippen molar-refractivity contribution >= 4 is 17.7 Å². The Morgan fingerprint density at radius 1 is 1.43 bits per heavy atom. The first kappa shape index (κ1) is 15.2. The first-order valence-electron chi connectivity index (χ1n) is 6.93. The number of aromatic carboxylic acids is 1. The zero-order valence-electron chi connectivity index (χ0n) is 12.2. The van der Waals surface area contributed by atoms with Crippen molar-refractivity contribution in [2.75, 3.05) is 32.0 Å². The number of aromatic nitrogens is 1. The second kappa shape index (κ2) is 6.53. The Morgan fingerprint density at radius 2 is 2.19 bits per heavy atom. The van der Waals surface area contributed by atoms with Gasteiger partial charge >= 0.3 is 12.0 Å². The molecule has 0 aromatic carbocycles. The van der Waals surface area contributed by atoms with E-state index in [1.165, 1.54) is 6.20 Å². The maximum absolute atomic E-state index is 12.4. The number of rotatable bonds is 2. The van der Waals surface area contributed by atoms with Crippen molar-refractivity contribution in [1.29, 1.82) is 0 Å². The van der Waals surface area contributed by atoms with E-state index in [2.05, 4.69) is 15.2 Å². The van der Waals surface area contributed by atoms with Crippen LogP contribution in [0.25, 0.3) is 0 Å². The van der Waals surface area contributed by atoms with Crippen LogP contribution in [0.4, 0.5) is 10.5 Å². The van der Waals surface area contributed by atoms with Crippen LogP contribution in [0.1, 0.15) is 23.8 Å². The lowest BCUT2D eigenvalue weighted by Gasteiger charge is -2.28. The van der Waals surface area contributed by atoms with Crippen molar-refractivity contribution < 1.29 is 14.7 Å². The Kier molecular flexibility index (Phi) is 4.74. The molecule has 7 nitrogen and oxygen atoms in total. The summed E-state index contributed by atoms with van der Waals surface area (Å²) in [6, 6.07) is 2.93. The molecule has 2 N–H and O–H groups in total. The number of anilines is 1. The van der Waals surface area contributed by atoms with Gasteiger partial charge in [-0.05, 0) is 39.1 Å². The number of carbonyl (C=O) groups excluding carboxylic acids is 1. The summed E-state index contributed by atoms with van der Waals surface area (Å²) < 4.78 is 0. The molecule has 0 aliphatic carbocycles. The summed E-state index contributed by atoms with van der Waals surface area (Å²) in [6.45, 7) is 4.39. The predicted octanol–water partition coefficient (Wildman–Crippen LogP) is 1.34. The van der Waals surface area contributed by atoms with Gasteiger partial charge in [0.2, 0.25) is 0 Å². The van der Waals surface area contributed by atoms with Crippen LogP contribution in [-0.2, 0) is 0 Å². The molecule has 21 heavy (non-hydrogen) atoms. The molecule has 0 bridgehead atoms. The Bertz CT molecular complexity index is 535. The van der Waals surface area contributed by atoms with Crippen molar-refractivity contribution in [2.45, 2.75) is 19.4 Å². The number of nitrogens with one attached hydrogen (secondary N) is 1. The minimum Gasteiger partial charge on any atom is -0.476 e. The average Bonchev–Trinajstić information content (AvgIpc) is 2.59. The number of hydrogen-bond donors (Lipinski definition) is 2. The number of amides is 2. The van der Waals surface area contributed by atoms with Gasteiger partial charge in [0.15, 0.2) is 5.69 Å². The molecular weight excluding hydrogens is 272 g/mol. The predicted molar refractivity (Wildman–Crippen MR) is 78.5 cm³/mol. The summed E-state index contributed by atoms with van der Waals surface area (Å²) in [5, 5.41) is 11.7. The summed E-state index contributed by atoms with van der Waals surface area (Å²) in [7, 11) is 2.03. The van der Waals surface area contributed by atoms with Crippen LogP contribution in [0.5, 0.6) is 0 Å². The number of carbonyl (C=O) groups is 2. The van der Waals surface area contributed by atoms with Gasteiger partial charge in [0.1, 0.15) is 0 Å². The zero-order chi connectivity index (χ0) is 15.4. The fourth-order valence-electron chi connectivity index (χ4n) is 2.54. The van der Waals surface area contributed by atoms with Crippen LogP contribution in [0.15, 0.2) is 18.3 Å². The topological polar surface area (TPSA) is 85.8 Å². The van der Waals surface area contributed by atoms with Gasteiger partial charge in [-0.15, -0.1) is 0 Å². The molecule has 1 aliphatic heterocycles. The van der Waals surface area contributed by atoms with Crippen LogP contribution in [0.3, 0.4) is 0 Å². The van der Waals surface area contributed by atoms with Gasteiger partial charge in [-0.3, -0.25) is 0 Å². The summed E-state index contributed by atoms with van der Waals surface area (Å²) in [5.74, 6) is -1.16. The molecule has 2 heterocycles. The molecule has 0 radical (unpaired) electrons. The molecule has 0 spiro atoms. The number of pyridine rings is 1. The smallest absolute Gasteiger partial charge is 0.356 e. The number of carboxylic acids is 1. The first-order chi connectivity index (χ1) is 9.99. The summed E-state index contributed by atoms with van der Waals surface area (Å²) >= 11 is 0. The number of likely N-dealkylation sites (N-methyl/N-ethyl adjacent to an activating group) is 1. The van der Waals surface area contributed by atoms with E-state index in [0.29, 0.717) is 6.54 Å². The van der Waals surface area contributed by atoms with Crippen LogP contribution in [-0.4, -0.2) is 64.6 Å². The van der Waals surface area contributed by atoms with E-state index in [9.17, 15) is 9.59 Å². The third-order valence-corrected chi connectivity index (χ3v) is 3.56. The molecule has 1 fully saturated rings. The number of urea groups is 1.